The topological polar surface area (TPSA) is 68.3 Å². The molecule has 0 fully saturated rings. The number of esters is 1. The molecule has 0 spiro atoms. The first-order chi connectivity index (χ1) is 14.2. The Hall–Kier alpha value is -3.51. The summed E-state index contributed by atoms with van der Waals surface area (Å²) in [7, 11) is 0. The van der Waals surface area contributed by atoms with Gasteiger partial charge in [-0.15, -0.1) is 11.3 Å². The number of rotatable bonds is 6. The van der Waals surface area contributed by atoms with E-state index in [1.807, 2.05) is 60.0 Å². The summed E-state index contributed by atoms with van der Waals surface area (Å²) in [6.07, 6.45) is 1.62. The van der Waals surface area contributed by atoms with Gasteiger partial charge in [-0.2, -0.15) is 0 Å². The Balaban J connectivity index is 1.45. The minimum atomic E-state index is -0.572. The van der Waals surface area contributed by atoms with Crippen molar-refractivity contribution in [1.29, 1.82) is 0 Å². The molecular formula is C23H18N2O3S. The Bertz CT molecular complexity index is 1120. The molecule has 6 heteroatoms. The number of carbonyl (C=O) groups excluding carboxylic acids is 2. The van der Waals surface area contributed by atoms with Crippen LogP contribution in [0.4, 0.5) is 0 Å². The minimum Gasteiger partial charge on any atom is -0.452 e. The predicted octanol–water partition coefficient (Wildman–Crippen LogP) is 4.36. The van der Waals surface area contributed by atoms with Crippen molar-refractivity contribution in [3.8, 4) is 0 Å². The quantitative estimate of drug-likeness (QED) is 0.487. The number of hydrogen-bond donors (Lipinski definition) is 1. The molecule has 2 aromatic heterocycles. The molecule has 0 aliphatic rings. The zero-order valence-corrected chi connectivity index (χ0v) is 16.3. The van der Waals surface area contributed by atoms with E-state index in [-0.39, 0.29) is 18.6 Å². The average molecular weight is 402 g/mol. The third-order valence-electron chi connectivity index (χ3n) is 4.45. The van der Waals surface area contributed by atoms with E-state index < -0.39 is 5.97 Å². The van der Waals surface area contributed by atoms with Crippen LogP contribution in [0, 0.1) is 0 Å². The maximum atomic E-state index is 12.5. The van der Waals surface area contributed by atoms with Crippen LogP contribution in [0.5, 0.6) is 0 Å². The van der Waals surface area contributed by atoms with E-state index >= 15 is 0 Å². The molecule has 2 heterocycles. The lowest BCUT2D eigenvalue weighted by Crippen LogP contribution is -2.32. The van der Waals surface area contributed by atoms with Crippen LogP contribution in [0.2, 0.25) is 0 Å². The zero-order chi connectivity index (χ0) is 20.1. The summed E-state index contributed by atoms with van der Waals surface area (Å²) in [6.45, 7) is -0.364. The van der Waals surface area contributed by atoms with Crippen LogP contribution in [0.3, 0.4) is 0 Å². The summed E-state index contributed by atoms with van der Waals surface area (Å²) in [5, 5.41) is 5.76. The van der Waals surface area contributed by atoms with E-state index in [0.29, 0.717) is 11.1 Å². The first-order valence-corrected chi connectivity index (χ1v) is 9.99. The van der Waals surface area contributed by atoms with Crippen molar-refractivity contribution < 1.29 is 14.3 Å². The molecule has 2 aromatic carbocycles. The first kappa shape index (κ1) is 18.8. The molecule has 0 radical (unpaired) electrons. The van der Waals surface area contributed by atoms with Gasteiger partial charge < -0.3 is 10.1 Å². The number of para-hydroxylation sites is 1. The second-order valence-corrected chi connectivity index (χ2v) is 7.36. The molecule has 29 heavy (non-hydrogen) atoms. The average Bonchev–Trinajstić information content (AvgIpc) is 3.30. The fourth-order valence-electron chi connectivity index (χ4n) is 3.10. The van der Waals surface area contributed by atoms with E-state index in [1.165, 1.54) is 0 Å². The molecule has 1 amide bonds. The third-order valence-corrected chi connectivity index (χ3v) is 5.39. The van der Waals surface area contributed by atoms with E-state index in [2.05, 4.69) is 10.3 Å². The number of benzene rings is 2. The molecule has 4 rings (SSSR count). The van der Waals surface area contributed by atoms with Crippen molar-refractivity contribution >= 4 is 34.1 Å². The maximum absolute atomic E-state index is 12.5. The van der Waals surface area contributed by atoms with Crippen molar-refractivity contribution in [2.24, 2.45) is 0 Å². The Morgan fingerprint density at radius 2 is 1.79 bits per heavy atom. The number of nitrogens with one attached hydrogen (secondary N) is 1. The lowest BCUT2D eigenvalue weighted by molar-refractivity contribution is -0.124. The summed E-state index contributed by atoms with van der Waals surface area (Å²) in [5.41, 5.74) is 1.86. The van der Waals surface area contributed by atoms with Gasteiger partial charge in [0.2, 0.25) is 0 Å². The van der Waals surface area contributed by atoms with Crippen molar-refractivity contribution in [3.63, 3.8) is 0 Å². The van der Waals surface area contributed by atoms with Crippen molar-refractivity contribution in [2.75, 3.05) is 6.61 Å². The van der Waals surface area contributed by atoms with Gasteiger partial charge in [0.1, 0.15) is 0 Å². The number of pyridine rings is 1. The number of thiophene rings is 1. The highest BCUT2D eigenvalue weighted by molar-refractivity contribution is 7.10. The van der Waals surface area contributed by atoms with Crippen LogP contribution in [0.1, 0.15) is 26.8 Å². The molecule has 5 nitrogen and oxygen atoms in total. The molecule has 0 saturated carbocycles. The molecule has 1 atom stereocenters. The number of amides is 1. The lowest BCUT2D eigenvalue weighted by Gasteiger charge is -2.18. The van der Waals surface area contributed by atoms with Crippen LogP contribution in [0.25, 0.3) is 10.9 Å². The normalized spacial score (nSPS) is 11.7. The van der Waals surface area contributed by atoms with Gasteiger partial charge in [0, 0.05) is 16.5 Å². The predicted molar refractivity (Wildman–Crippen MR) is 113 cm³/mol. The summed E-state index contributed by atoms with van der Waals surface area (Å²) < 4.78 is 5.26. The SMILES string of the molecule is O=C(COC(=O)c1cccc2cccnc12)N[C@@H](c1ccccc1)c1cccs1. The summed E-state index contributed by atoms with van der Waals surface area (Å²) in [6, 6.07) is 22.3. The molecule has 144 valence electrons. The van der Waals surface area contributed by atoms with E-state index in [9.17, 15) is 9.59 Å². The van der Waals surface area contributed by atoms with Crippen molar-refractivity contribution in [1.82, 2.24) is 10.3 Å². The summed E-state index contributed by atoms with van der Waals surface area (Å²) in [4.78, 5) is 30.3. The van der Waals surface area contributed by atoms with Gasteiger partial charge in [-0.1, -0.05) is 54.6 Å². The van der Waals surface area contributed by atoms with Crippen LogP contribution < -0.4 is 5.32 Å². The Morgan fingerprint density at radius 3 is 2.59 bits per heavy atom. The molecule has 0 saturated heterocycles. The highest BCUT2D eigenvalue weighted by Gasteiger charge is 2.19. The number of ether oxygens (including phenoxy) is 1. The second kappa shape index (κ2) is 8.67. The van der Waals surface area contributed by atoms with Gasteiger partial charge in [0.05, 0.1) is 17.1 Å². The number of nitrogens with zero attached hydrogens (tertiary/aromatic N) is 1. The second-order valence-electron chi connectivity index (χ2n) is 6.38. The monoisotopic (exact) mass is 402 g/mol. The number of hydrogen-bond acceptors (Lipinski definition) is 5. The summed E-state index contributed by atoms with van der Waals surface area (Å²) >= 11 is 1.56. The standard InChI is InChI=1S/C23H18N2O3S/c26-20(25-22(19-12-6-14-29-19)17-7-2-1-3-8-17)15-28-23(27)18-11-4-9-16-10-5-13-24-21(16)18/h1-14,22H,15H2,(H,25,26)/t22-/m0/s1. The first-order valence-electron chi connectivity index (χ1n) is 9.11. The van der Waals surface area contributed by atoms with E-state index in [0.717, 1.165) is 15.8 Å². The van der Waals surface area contributed by atoms with Gasteiger partial charge in [-0.25, -0.2) is 4.79 Å². The van der Waals surface area contributed by atoms with Crippen LogP contribution >= 0.6 is 11.3 Å². The molecule has 4 aromatic rings. The van der Waals surface area contributed by atoms with Gasteiger partial charge in [-0.05, 0) is 29.1 Å². The molecule has 1 N–H and O–H groups in total. The fourth-order valence-corrected chi connectivity index (χ4v) is 3.90. The molecule has 0 unspecified atom stereocenters. The lowest BCUT2D eigenvalue weighted by atomic mass is 10.1. The smallest absolute Gasteiger partial charge is 0.340 e. The Kier molecular flexibility index (Phi) is 5.63. The third kappa shape index (κ3) is 4.33. The largest absolute Gasteiger partial charge is 0.452 e. The van der Waals surface area contributed by atoms with Crippen LogP contribution in [-0.4, -0.2) is 23.5 Å². The number of carbonyl (C=O) groups is 2. The number of aromatic nitrogens is 1. The molecule has 0 aliphatic carbocycles. The maximum Gasteiger partial charge on any atom is 0.340 e. The van der Waals surface area contributed by atoms with Crippen LogP contribution in [0.15, 0.2) is 84.4 Å². The molecule has 0 aliphatic heterocycles. The minimum absolute atomic E-state index is 0.290. The Morgan fingerprint density at radius 1 is 0.966 bits per heavy atom. The van der Waals surface area contributed by atoms with E-state index in [4.69, 9.17) is 4.74 Å². The van der Waals surface area contributed by atoms with Crippen LogP contribution in [-0.2, 0) is 9.53 Å². The summed E-state index contributed by atoms with van der Waals surface area (Å²) in [5.74, 6) is -0.939. The van der Waals surface area contributed by atoms with Gasteiger partial charge in [0.25, 0.3) is 5.91 Å². The van der Waals surface area contributed by atoms with Gasteiger partial charge >= 0.3 is 5.97 Å². The van der Waals surface area contributed by atoms with Gasteiger partial charge in [0.15, 0.2) is 6.61 Å². The highest BCUT2D eigenvalue weighted by atomic mass is 32.1. The highest BCUT2D eigenvalue weighted by Crippen LogP contribution is 2.26. The van der Waals surface area contributed by atoms with Crippen molar-refractivity contribution in [2.45, 2.75) is 6.04 Å². The van der Waals surface area contributed by atoms with Crippen molar-refractivity contribution in [3.05, 3.63) is 100 Å². The number of fused-ring (bicyclic) bond motifs is 1. The zero-order valence-electron chi connectivity index (χ0n) is 15.4. The molecular weight excluding hydrogens is 384 g/mol. The van der Waals surface area contributed by atoms with E-state index in [1.54, 1.807) is 35.7 Å². The fraction of sp³-hybridized carbons (Fsp3) is 0.0870. The Labute approximate surface area is 172 Å². The van der Waals surface area contributed by atoms with Gasteiger partial charge in [-0.3, -0.25) is 9.78 Å². The molecule has 0 bridgehead atoms.